The molecule has 0 aliphatic rings. The van der Waals surface area contributed by atoms with E-state index in [1.807, 2.05) is 30.3 Å². The molecule has 168 valence electrons. The minimum atomic E-state index is -3.80. The maximum Gasteiger partial charge on any atom is 0.273 e. The second-order valence-electron chi connectivity index (χ2n) is 6.45. The van der Waals surface area contributed by atoms with Gasteiger partial charge in [-0.3, -0.25) is 9.52 Å². The van der Waals surface area contributed by atoms with Crippen LogP contribution in [0.2, 0.25) is 5.15 Å². The van der Waals surface area contributed by atoms with E-state index in [0.29, 0.717) is 10.0 Å². The summed E-state index contributed by atoms with van der Waals surface area (Å²) in [6.07, 6.45) is 1.38. The van der Waals surface area contributed by atoms with Crippen molar-refractivity contribution in [2.45, 2.75) is 4.21 Å². The number of aromatic nitrogens is 1. The van der Waals surface area contributed by atoms with Gasteiger partial charge < -0.3 is 5.32 Å². The number of hydrazone groups is 1. The third-order valence-corrected chi connectivity index (χ3v) is 8.23. The van der Waals surface area contributed by atoms with Gasteiger partial charge in [-0.15, -0.1) is 11.3 Å². The van der Waals surface area contributed by atoms with Gasteiger partial charge in [0.1, 0.15) is 4.21 Å². The highest BCUT2D eigenvalue weighted by molar-refractivity contribution is 7.94. The SMILES string of the molecule is O=C(NN=Cc1sc(Nc2ccccc2)nc1Cl)c1ccccc1NS(=O)(=O)c1cccs1. The molecular weight excluding hydrogens is 502 g/mol. The number of benzene rings is 2. The van der Waals surface area contributed by atoms with Crippen LogP contribution in [-0.2, 0) is 10.0 Å². The number of nitrogens with one attached hydrogen (secondary N) is 3. The highest BCUT2D eigenvalue weighted by atomic mass is 35.5. The Bertz CT molecular complexity index is 1390. The zero-order valence-corrected chi connectivity index (χ0v) is 19.9. The first-order valence-corrected chi connectivity index (χ1v) is 13.0. The van der Waals surface area contributed by atoms with Gasteiger partial charge in [-0.2, -0.15) is 5.10 Å². The fourth-order valence-electron chi connectivity index (χ4n) is 2.68. The standard InChI is InChI=1S/C21H16ClN5O3S3/c22-19-17(32-21(25-19)24-14-7-2-1-3-8-14)13-23-26-20(28)15-9-4-5-10-16(15)27-33(29,30)18-11-6-12-31-18/h1-13,27H,(H,24,25)(H,26,28). The topological polar surface area (TPSA) is 113 Å². The molecule has 0 aliphatic carbocycles. The lowest BCUT2D eigenvalue weighted by atomic mass is 10.2. The van der Waals surface area contributed by atoms with Crippen LogP contribution in [0.15, 0.2) is 81.4 Å². The smallest absolute Gasteiger partial charge is 0.273 e. The number of para-hydroxylation sites is 2. The Morgan fingerprint density at radius 2 is 1.79 bits per heavy atom. The highest BCUT2D eigenvalue weighted by Gasteiger charge is 2.19. The van der Waals surface area contributed by atoms with Crippen LogP contribution in [0.1, 0.15) is 15.2 Å². The van der Waals surface area contributed by atoms with Crippen LogP contribution in [-0.4, -0.2) is 25.5 Å². The molecule has 2 heterocycles. The Hall–Kier alpha value is -3.25. The molecule has 0 radical (unpaired) electrons. The number of carbonyl (C=O) groups is 1. The number of hydrogen-bond acceptors (Lipinski definition) is 8. The molecule has 0 unspecified atom stereocenters. The number of anilines is 3. The number of amides is 1. The van der Waals surface area contributed by atoms with Crippen LogP contribution >= 0.6 is 34.3 Å². The number of carbonyl (C=O) groups excluding carboxylic acids is 1. The van der Waals surface area contributed by atoms with Gasteiger partial charge >= 0.3 is 0 Å². The Labute approximate surface area is 203 Å². The summed E-state index contributed by atoms with van der Waals surface area (Å²) < 4.78 is 27.6. The number of halogens is 1. The Kier molecular flexibility index (Phi) is 7.04. The summed E-state index contributed by atoms with van der Waals surface area (Å²) in [5.41, 5.74) is 3.52. The third kappa shape index (κ3) is 5.76. The maximum atomic E-state index is 12.6. The minimum Gasteiger partial charge on any atom is -0.331 e. The number of thiazole rings is 1. The van der Waals surface area contributed by atoms with Crippen molar-refractivity contribution in [3.63, 3.8) is 0 Å². The fraction of sp³-hybridized carbons (Fsp3) is 0. The summed E-state index contributed by atoms with van der Waals surface area (Å²) in [6, 6.07) is 18.9. The molecule has 8 nitrogen and oxygen atoms in total. The highest BCUT2D eigenvalue weighted by Crippen LogP contribution is 2.28. The zero-order valence-electron chi connectivity index (χ0n) is 16.7. The van der Waals surface area contributed by atoms with Crippen LogP contribution < -0.4 is 15.5 Å². The van der Waals surface area contributed by atoms with E-state index in [0.717, 1.165) is 17.0 Å². The van der Waals surface area contributed by atoms with Gasteiger partial charge in [0.15, 0.2) is 10.3 Å². The van der Waals surface area contributed by atoms with Gasteiger partial charge in [-0.05, 0) is 35.7 Å². The quantitative estimate of drug-likeness (QED) is 0.220. The summed E-state index contributed by atoms with van der Waals surface area (Å²) in [7, 11) is -3.80. The average molecular weight is 518 g/mol. The molecule has 0 saturated heterocycles. The molecule has 0 aliphatic heterocycles. The van der Waals surface area contributed by atoms with Crippen molar-refractivity contribution in [2.24, 2.45) is 5.10 Å². The third-order valence-electron chi connectivity index (χ3n) is 4.16. The first-order chi connectivity index (χ1) is 15.9. The van der Waals surface area contributed by atoms with Gasteiger partial charge in [0.2, 0.25) is 0 Å². The predicted molar refractivity (Wildman–Crippen MR) is 133 cm³/mol. The normalized spacial score (nSPS) is 11.4. The van der Waals surface area contributed by atoms with Crippen molar-refractivity contribution >= 4 is 72.9 Å². The van der Waals surface area contributed by atoms with Gasteiger partial charge in [0.25, 0.3) is 15.9 Å². The summed E-state index contributed by atoms with van der Waals surface area (Å²) >= 11 is 8.52. The zero-order chi connectivity index (χ0) is 23.3. The van der Waals surface area contributed by atoms with Crippen LogP contribution in [0, 0.1) is 0 Å². The predicted octanol–water partition coefficient (Wildman–Crippen LogP) is 5.17. The Morgan fingerprint density at radius 1 is 1.03 bits per heavy atom. The number of nitrogens with zero attached hydrogens (tertiary/aromatic N) is 2. The number of rotatable bonds is 8. The minimum absolute atomic E-state index is 0.122. The molecule has 0 bridgehead atoms. The van der Waals surface area contributed by atoms with Crippen LogP contribution in [0.25, 0.3) is 0 Å². The lowest BCUT2D eigenvalue weighted by Gasteiger charge is -2.10. The van der Waals surface area contributed by atoms with Gasteiger partial charge in [0, 0.05) is 5.69 Å². The molecule has 12 heteroatoms. The van der Waals surface area contributed by atoms with Crippen molar-refractivity contribution in [3.05, 3.63) is 87.7 Å². The van der Waals surface area contributed by atoms with Crippen molar-refractivity contribution in [3.8, 4) is 0 Å². The summed E-state index contributed by atoms with van der Waals surface area (Å²) in [5.74, 6) is -0.584. The van der Waals surface area contributed by atoms with Crippen molar-refractivity contribution in [1.82, 2.24) is 10.4 Å². The Balaban J connectivity index is 1.44. The van der Waals surface area contributed by atoms with E-state index in [-0.39, 0.29) is 20.6 Å². The molecular formula is C21H16ClN5O3S3. The molecule has 33 heavy (non-hydrogen) atoms. The molecule has 0 saturated carbocycles. The van der Waals surface area contributed by atoms with E-state index >= 15 is 0 Å². The van der Waals surface area contributed by atoms with Crippen molar-refractivity contribution < 1.29 is 13.2 Å². The van der Waals surface area contributed by atoms with Crippen molar-refractivity contribution in [2.75, 3.05) is 10.0 Å². The molecule has 1 amide bonds. The largest absolute Gasteiger partial charge is 0.331 e. The molecule has 0 atom stereocenters. The second-order valence-corrected chi connectivity index (χ2v) is 10.7. The van der Waals surface area contributed by atoms with Crippen LogP contribution in [0.5, 0.6) is 0 Å². The van der Waals surface area contributed by atoms with Gasteiger partial charge in [-0.1, -0.05) is 59.3 Å². The second kappa shape index (κ2) is 10.1. The lowest BCUT2D eigenvalue weighted by molar-refractivity contribution is 0.0956. The van der Waals surface area contributed by atoms with E-state index in [1.165, 1.54) is 35.8 Å². The first-order valence-electron chi connectivity index (χ1n) is 9.39. The van der Waals surface area contributed by atoms with E-state index in [9.17, 15) is 13.2 Å². The monoisotopic (exact) mass is 517 g/mol. The van der Waals surface area contributed by atoms with Gasteiger partial charge in [-0.25, -0.2) is 18.8 Å². The van der Waals surface area contributed by atoms with E-state index < -0.39 is 15.9 Å². The number of thiophene rings is 1. The molecule has 2 aromatic carbocycles. The summed E-state index contributed by atoms with van der Waals surface area (Å²) in [4.78, 5) is 17.4. The molecule has 0 fully saturated rings. The summed E-state index contributed by atoms with van der Waals surface area (Å²) in [6.45, 7) is 0. The van der Waals surface area contributed by atoms with Crippen LogP contribution in [0.3, 0.4) is 0 Å². The fourth-order valence-corrected chi connectivity index (χ4v) is 5.80. The molecule has 2 aromatic heterocycles. The van der Waals surface area contributed by atoms with Crippen LogP contribution in [0.4, 0.5) is 16.5 Å². The van der Waals surface area contributed by atoms with E-state index in [2.05, 4.69) is 25.6 Å². The first kappa shape index (κ1) is 22.9. The molecule has 4 rings (SSSR count). The van der Waals surface area contributed by atoms with Crippen molar-refractivity contribution in [1.29, 1.82) is 0 Å². The summed E-state index contributed by atoms with van der Waals surface area (Å²) in [5, 5.41) is 9.56. The Morgan fingerprint density at radius 3 is 2.55 bits per heavy atom. The number of hydrogen-bond donors (Lipinski definition) is 3. The average Bonchev–Trinajstić information content (AvgIpc) is 3.45. The van der Waals surface area contributed by atoms with E-state index in [4.69, 9.17) is 11.6 Å². The maximum absolute atomic E-state index is 12.6. The van der Waals surface area contributed by atoms with Gasteiger partial charge in [0.05, 0.1) is 22.3 Å². The molecule has 0 spiro atoms. The van der Waals surface area contributed by atoms with E-state index in [1.54, 1.807) is 23.6 Å². The lowest BCUT2D eigenvalue weighted by Crippen LogP contribution is -2.21. The number of sulfonamides is 1. The molecule has 4 aromatic rings. The molecule has 3 N–H and O–H groups in total.